The lowest BCUT2D eigenvalue weighted by Crippen LogP contribution is -2.55. The summed E-state index contributed by atoms with van der Waals surface area (Å²) in [6.45, 7) is 12.6. The van der Waals surface area contributed by atoms with E-state index in [0.717, 1.165) is 32.5 Å². The van der Waals surface area contributed by atoms with Gasteiger partial charge < -0.3 is 19.5 Å². The lowest BCUT2D eigenvalue weighted by molar-refractivity contribution is 0.00695. The molecule has 23 heavy (non-hydrogen) atoms. The maximum absolute atomic E-state index is 12.4. The highest BCUT2D eigenvalue weighted by molar-refractivity contribution is 5.68. The number of carbonyl (C=O) groups excluding carboxylic acids is 1. The van der Waals surface area contributed by atoms with Gasteiger partial charge in [-0.1, -0.05) is 0 Å². The van der Waals surface area contributed by atoms with E-state index in [4.69, 9.17) is 4.74 Å². The van der Waals surface area contributed by atoms with Gasteiger partial charge in [-0.05, 0) is 59.6 Å². The monoisotopic (exact) mass is 321 g/mol. The Morgan fingerprint density at radius 2 is 2.17 bits per heavy atom. The number of ether oxygens (including phenoxy) is 1. The van der Waals surface area contributed by atoms with Crippen LogP contribution in [-0.2, 0) is 17.8 Å². The second-order valence-electron chi connectivity index (χ2n) is 7.33. The molecule has 1 aromatic rings. The number of aryl methyl sites for hydroxylation is 1. The van der Waals surface area contributed by atoms with Gasteiger partial charge >= 0.3 is 6.09 Å². The molecule has 0 aliphatic carbocycles. The highest BCUT2D eigenvalue weighted by atomic mass is 16.6. The molecule has 2 unspecified atom stereocenters. The number of nitrogens with zero attached hydrogens (tertiary/aromatic N) is 2. The van der Waals surface area contributed by atoms with Crippen LogP contribution in [-0.4, -0.2) is 39.8 Å². The molecule has 1 N–H and O–H groups in total. The van der Waals surface area contributed by atoms with E-state index < -0.39 is 5.60 Å². The van der Waals surface area contributed by atoms with Crippen molar-refractivity contribution in [2.75, 3.05) is 6.54 Å². The molecule has 1 amide bonds. The first-order valence-corrected chi connectivity index (χ1v) is 8.69. The first kappa shape index (κ1) is 17.9. The Morgan fingerprint density at radius 3 is 2.83 bits per heavy atom. The minimum absolute atomic E-state index is 0.142. The molecule has 0 bridgehead atoms. The second-order valence-corrected chi connectivity index (χ2v) is 7.33. The van der Waals surface area contributed by atoms with E-state index in [0.29, 0.717) is 6.04 Å². The summed E-state index contributed by atoms with van der Waals surface area (Å²) in [6.07, 6.45) is 4.01. The van der Waals surface area contributed by atoms with Crippen molar-refractivity contribution in [2.24, 2.45) is 0 Å². The van der Waals surface area contributed by atoms with Crippen molar-refractivity contribution in [1.29, 1.82) is 0 Å². The number of likely N-dealkylation sites (tertiary alicyclic amines) is 1. The standard InChI is InChI=1S/C18H31N3O2/c1-6-20-11-7-9-15(20)13-19-16-10-8-12-21(14(16)2)17(22)23-18(3,4)5/h7,9,11,14,16,19H,6,8,10,12-13H2,1-5H3. The average molecular weight is 321 g/mol. The molecule has 1 saturated heterocycles. The largest absolute Gasteiger partial charge is 0.444 e. The molecule has 2 atom stereocenters. The van der Waals surface area contributed by atoms with Gasteiger partial charge in [0.25, 0.3) is 0 Å². The number of hydrogen-bond acceptors (Lipinski definition) is 3. The van der Waals surface area contributed by atoms with Gasteiger partial charge in [0.15, 0.2) is 0 Å². The SMILES string of the molecule is CCn1cccc1CNC1CCCN(C(=O)OC(C)(C)C)C1C. The van der Waals surface area contributed by atoms with Crippen LogP contribution in [0.25, 0.3) is 0 Å². The van der Waals surface area contributed by atoms with Gasteiger partial charge in [0, 0.05) is 43.6 Å². The van der Waals surface area contributed by atoms with Crippen LogP contribution in [0.3, 0.4) is 0 Å². The van der Waals surface area contributed by atoms with Crippen LogP contribution >= 0.6 is 0 Å². The van der Waals surface area contributed by atoms with Crippen molar-refractivity contribution in [1.82, 2.24) is 14.8 Å². The van der Waals surface area contributed by atoms with Crippen molar-refractivity contribution >= 4 is 6.09 Å². The molecule has 1 aliphatic rings. The molecule has 5 nitrogen and oxygen atoms in total. The maximum atomic E-state index is 12.4. The van der Waals surface area contributed by atoms with Crippen molar-refractivity contribution < 1.29 is 9.53 Å². The molecular weight excluding hydrogens is 290 g/mol. The van der Waals surface area contributed by atoms with Crippen molar-refractivity contribution in [3.8, 4) is 0 Å². The van der Waals surface area contributed by atoms with Gasteiger partial charge in [-0.2, -0.15) is 0 Å². The Morgan fingerprint density at radius 1 is 1.43 bits per heavy atom. The van der Waals surface area contributed by atoms with Crippen molar-refractivity contribution in [3.63, 3.8) is 0 Å². The molecule has 2 rings (SSSR count). The third-order valence-corrected chi connectivity index (χ3v) is 4.43. The Bertz CT molecular complexity index is 519. The highest BCUT2D eigenvalue weighted by Gasteiger charge is 2.33. The first-order valence-electron chi connectivity index (χ1n) is 8.69. The molecule has 0 aromatic carbocycles. The number of piperidine rings is 1. The normalized spacial score (nSPS) is 22.2. The predicted octanol–water partition coefficient (Wildman–Crippen LogP) is 3.39. The summed E-state index contributed by atoms with van der Waals surface area (Å²) in [6, 6.07) is 4.67. The quantitative estimate of drug-likeness (QED) is 0.924. The molecule has 130 valence electrons. The summed E-state index contributed by atoms with van der Waals surface area (Å²) in [5.41, 5.74) is 0.841. The van der Waals surface area contributed by atoms with Gasteiger partial charge in [0.1, 0.15) is 5.60 Å². The van der Waals surface area contributed by atoms with Crippen LogP contribution in [0.4, 0.5) is 4.79 Å². The third-order valence-electron chi connectivity index (χ3n) is 4.43. The van der Waals surface area contributed by atoms with E-state index in [9.17, 15) is 4.79 Å². The van der Waals surface area contributed by atoms with E-state index in [1.807, 2.05) is 25.7 Å². The van der Waals surface area contributed by atoms with Gasteiger partial charge in [-0.15, -0.1) is 0 Å². The summed E-state index contributed by atoms with van der Waals surface area (Å²) in [7, 11) is 0. The van der Waals surface area contributed by atoms with Crippen LogP contribution < -0.4 is 5.32 Å². The molecule has 5 heteroatoms. The number of carbonyl (C=O) groups is 1. The van der Waals surface area contributed by atoms with Crippen LogP contribution in [0.15, 0.2) is 18.3 Å². The molecular formula is C18H31N3O2. The van der Waals surface area contributed by atoms with Gasteiger partial charge in [0.2, 0.25) is 0 Å². The fourth-order valence-electron chi connectivity index (χ4n) is 3.15. The molecule has 1 fully saturated rings. The minimum atomic E-state index is -0.445. The second kappa shape index (κ2) is 7.39. The molecule has 1 aliphatic heterocycles. The van der Waals surface area contributed by atoms with E-state index in [1.165, 1.54) is 5.69 Å². The fraction of sp³-hybridized carbons (Fsp3) is 0.722. The zero-order chi connectivity index (χ0) is 17.0. The zero-order valence-electron chi connectivity index (χ0n) is 15.1. The van der Waals surface area contributed by atoms with Crippen LogP contribution in [0.1, 0.15) is 53.2 Å². The molecule has 0 radical (unpaired) electrons. The summed E-state index contributed by atoms with van der Waals surface area (Å²) < 4.78 is 7.78. The Balaban J connectivity index is 1.94. The van der Waals surface area contributed by atoms with E-state index in [1.54, 1.807) is 0 Å². The average Bonchev–Trinajstić information content (AvgIpc) is 2.91. The Hall–Kier alpha value is -1.49. The summed E-state index contributed by atoms with van der Waals surface area (Å²) in [4.78, 5) is 14.2. The summed E-state index contributed by atoms with van der Waals surface area (Å²) >= 11 is 0. The summed E-state index contributed by atoms with van der Waals surface area (Å²) in [5, 5.41) is 3.63. The van der Waals surface area contributed by atoms with Crippen LogP contribution in [0.2, 0.25) is 0 Å². The fourth-order valence-corrected chi connectivity index (χ4v) is 3.15. The van der Waals surface area contributed by atoms with Crippen molar-refractivity contribution in [2.45, 2.75) is 78.2 Å². The smallest absolute Gasteiger partial charge is 0.410 e. The maximum Gasteiger partial charge on any atom is 0.410 e. The van der Waals surface area contributed by atoms with Crippen LogP contribution in [0.5, 0.6) is 0 Å². The molecule has 1 aromatic heterocycles. The lowest BCUT2D eigenvalue weighted by atomic mass is 9.98. The predicted molar refractivity (Wildman–Crippen MR) is 92.4 cm³/mol. The van der Waals surface area contributed by atoms with E-state index >= 15 is 0 Å². The summed E-state index contributed by atoms with van der Waals surface area (Å²) in [5.74, 6) is 0. The Labute approximate surface area is 140 Å². The van der Waals surface area contributed by atoms with Gasteiger partial charge in [-0.25, -0.2) is 4.79 Å². The minimum Gasteiger partial charge on any atom is -0.444 e. The van der Waals surface area contributed by atoms with Gasteiger partial charge in [-0.3, -0.25) is 0 Å². The third kappa shape index (κ3) is 4.74. The first-order chi connectivity index (χ1) is 10.8. The molecule has 0 spiro atoms. The van der Waals surface area contributed by atoms with E-state index in [-0.39, 0.29) is 12.1 Å². The molecule has 2 heterocycles. The number of nitrogens with one attached hydrogen (secondary N) is 1. The van der Waals surface area contributed by atoms with Crippen molar-refractivity contribution in [3.05, 3.63) is 24.0 Å². The van der Waals surface area contributed by atoms with E-state index in [2.05, 4.69) is 42.1 Å². The van der Waals surface area contributed by atoms with Gasteiger partial charge in [0.05, 0.1) is 0 Å². The number of rotatable bonds is 4. The van der Waals surface area contributed by atoms with Crippen LogP contribution in [0, 0.1) is 0 Å². The number of aromatic nitrogens is 1. The zero-order valence-corrected chi connectivity index (χ0v) is 15.1. The Kier molecular flexibility index (Phi) is 5.74. The number of amides is 1. The highest BCUT2D eigenvalue weighted by Crippen LogP contribution is 2.21. The topological polar surface area (TPSA) is 46.5 Å². The molecule has 0 saturated carbocycles. The number of hydrogen-bond donors (Lipinski definition) is 1. The lowest BCUT2D eigenvalue weighted by Gasteiger charge is -2.40.